The summed E-state index contributed by atoms with van der Waals surface area (Å²) in [5.74, 6) is 1.89. The third-order valence-corrected chi connectivity index (χ3v) is 4.52. The molecule has 8 heteroatoms. The molecule has 2 aliphatic heterocycles. The maximum atomic E-state index is 12.6. The first-order valence-corrected chi connectivity index (χ1v) is 8.58. The summed E-state index contributed by atoms with van der Waals surface area (Å²) in [7, 11) is 1.79. The summed E-state index contributed by atoms with van der Waals surface area (Å²) in [6.07, 6.45) is 2.38. The topological polar surface area (TPSA) is 86.1 Å². The highest BCUT2D eigenvalue weighted by atomic mass is 16.6. The van der Waals surface area contributed by atoms with E-state index in [0.29, 0.717) is 37.0 Å². The van der Waals surface area contributed by atoms with Crippen molar-refractivity contribution in [2.45, 2.75) is 18.6 Å². The largest absolute Gasteiger partial charge is 0.486 e. The van der Waals surface area contributed by atoms with E-state index in [0.717, 1.165) is 5.56 Å². The van der Waals surface area contributed by atoms with Gasteiger partial charge in [0, 0.05) is 7.05 Å². The molecule has 1 saturated heterocycles. The zero-order valence-electron chi connectivity index (χ0n) is 14.5. The number of rotatable bonds is 4. The van der Waals surface area contributed by atoms with Gasteiger partial charge in [0.2, 0.25) is 5.91 Å². The number of benzene rings is 1. The van der Waals surface area contributed by atoms with Gasteiger partial charge in [0.05, 0.1) is 31.9 Å². The SMILES string of the molecule is Cn1cc(O[C@@H]2CN(C(=O)Cc3ccc4c(c3)OCCO4)C[C@H]2O)cn1. The molecule has 138 valence electrons. The van der Waals surface area contributed by atoms with Crippen LogP contribution in [0.2, 0.25) is 0 Å². The molecule has 0 bridgehead atoms. The molecule has 8 nitrogen and oxygen atoms in total. The number of carbonyl (C=O) groups is 1. The zero-order chi connectivity index (χ0) is 18.1. The fourth-order valence-electron chi connectivity index (χ4n) is 3.19. The van der Waals surface area contributed by atoms with Crippen molar-refractivity contribution < 1.29 is 24.1 Å². The van der Waals surface area contributed by atoms with Gasteiger partial charge in [-0.3, -0.25) is 9.48 Å². The molecule has 2 atom stereocenters. The summed E-state index contributed by atoms with van der Waals surface area (Å²) in [5, 5.41) is 14.3. The lowest BCUT2D eigenvalue weighted by Gasteiger charge is -2.20. The summed E-state index contributed by atoms with van der Waals surface area (Å²) < 4.78 is 18.4. The summed E-state index contributed by atoms with van der Waals surface area (Å²) in [6, 6.07) is 5.52. The quantitative estimate of drug-likeness (QED) is 0.850. The molecule has 0 unspecified atom stereocenters. The molecule has 0 spiro atoms. The van der Waals surface area contributed by atoms with Gasteiger partial charge in [-0.2, -0.15) is 5.10 Å². The monoisotopic (exact) mass is 359 g/mol. The molecule has 2 aromatic rings. The molecule has 3 heterocycles. The number of amides is 1. The standard InChI is InChI=1S/C18H21N3O5/c1-20-9-13(8-19-20)26-17-11-21(10-14(17)22)18(23)7-12-2-3-15-16(6-12)25-5-4-24-15/h2-3,6,8-9,14,17,22H,4-5,7,10-11H2,1H3/t14-,17-/m1/s1. The van der Waals surface area contributed by atoms with Gasteiger partial charge in [-0.25, -0.2) is 0 Å². The molecule has 26 heavy (non-hydrogen) atoms. The highest BCUT2D eigenvalue weighted by molar-refractivity contribution is 5.79. The minimum absolute atomic E-state index is 0.0574. The van der Waals surface area contributed by atoms with Crippen molar-refractivity contribution >= 4 is 5.91 Å². The van der Waals surface area contributed by atoms with Crippen molar-refractivity contribution in [1.29, 1.82) is 0 Å². The van der Waals surface area contributed by atoms with E-state index in [1.165, 1.54) is 0 Å². The van der Waals surface area contributed by atoms with Crippen molar-refractivity contribution in [3.63, 3.8) is 0 Å². The minimum Gasteiger partial charge on any atom is -0.486 e. The van der Waals surface area contributed by atoms with E-state index in [4.69, 9.17) is 14.2 Å². The molecule has 0 aliphatic carbocycles. The minimum atomic E-state index is -0.723. The van der Waals surface area contributed by atoms with Crippen LogP contribution in [0.1, 0.15) is 5.56 Å². The second-order valence-corrected chi connectivity index (χ2v) is 6.53. The van der Waals surface area contributed by atoms with Crippen LogP contribution in [0, 0.1) is 0 Å². The van der Waals surface area contributed by atoms with E-state index in [2.05, 4.69) is 5.10 Å². The van der Waals surface area contributed by atoms with E-state index in [1.54, 1.807) is 29.0 Å². The van der Waals surface area contributed by atoms with E-state index >= 15 is 0 Å². The summed E-state index contributed by atoms with van der Waals surface area (Å²) in [5.41, 5.74) is 0.852. The number of aromatic nitrogens is 2. The molecule has 1 fully saturated rings. The molecule has 1 aromatic heterocycles. The van der Waals surface area contributed by atoms with Gasteiger partial charge in [0.1, 0.15) is 25.4 Å². The van der Waals surface area contributed by atoms with E-state index in [9.17, 15) is 9.90 Å². The average molecular weight is 359 g/mol. The van der Waals surface area contributed by atoms with Crippen molar-refractivity contribution in [1.82, 2.24) is 14.7 Å². The van der Waals surface area contributed by atoms with E-state index in [-0.39, 0.29) is 18.9 Å². The first-order valence-electron chi connectivity index (χ1n) is 8.58. The number of aliphatic hydroxyl groups excluding tert-OH is 1. The van der Waals surface area contributed by atoms with Crippen LogP contribution in [0.5, 0.6) is 17.2 Å². The van der Waals surface area contributed by atoms with Gasteiger partial charge in [-0.15, -0.1) is 0 Å². The van der Waals surface area contributed by atoms with Crippen LogP contribution in [0.4, 0.5) is 0 Å². The maximum absolute atomic E-state index is 12.6. The van der Waals surface area contributed by atoms with E-state index < -0.39 is 12.2 Å². The predicted octanol–water partition coefficient (Wildman–Crippen LogP) is 0.384. The number of hydrogen-bond donors (Lipinski definition) is 1. The number of carbonyl (C=O) groups excluding carboxylic acids is 1. The maximum Gasteiger partial charge on any atom is 0.227 e. The Labute approximate surface area is 150 Å². The Morgan fingerprint density at radius 2 is 2.12 bits per heavy atom. The molecule has 2 aliphatic rings. The molecule has 4 rings (SSSR count). The zero-order valence-corrected chi connectivity index (χ0v) is 14.5. The summed E-state index contributed by atoms with van der Waals surface area (Å²) in [6.45, 7) is 1.65. The van der Waals surface area contributed by atoms with Gasteiger partial charge in [0.25, 0.3) is 0 Å². The average Bonchev–Trinajstić information content (AvgIpc) is 3.21. The van der Waals surface area contributed by atoms with Crippen LogP contribution in [0.3, 0.4) is 0 Å². The second kappa shape index (κ2) is 6.87. The molecular weight excluding hydrogens is 338 g/mol. The first kappa shape index (κ1) is 16.7. The van der Waals surface area contributed by atoms with Gasteiger partial charge in [-0.05, 0) is 17.7 Å². The highest BCUT2D eigenvalue weighted by Gasteiger charge is 2.35. The predicted molar refractivity (Wildman–Crippen MR) is 91.3 cm³/mol. The number of ether oxygens (including phenoxy) is 3. The Hall–Kier alpha value is -2.74. The third-order valence-electron chi connectivity index (χ3n) is 4.52. The number of likely N-dealkylation sites (tertiary alicyclic amines) is 1. The lowest BCUT2D eigenvalue weighted by molar-refractivity contribution is -0.129. The van der Waals surface area contributed by atoms with Crippen molar-refractivity contribution in [2.75, 3.05) is 26.3 Å². The Bertz CT molecular complexity index is 806. The first-order chi connectivity index (χ1) is 12.6. The molecule has 0 radical (unpaired) electrons. The van der Waals surface area contributed by atoms with Crippen LogP contribution in [0.25, 0.3) is 0 Å². The Morgan fingerprint density at radius 3 is 2.88 bits per heavy atom. The summed E-state index contributed by atoms with van der Waals surface area (Å²) in [4.78, 5) is 14.2. The fourth-order valence-corrected chi connectivity index (χ4v) is 3.19. The summed E-state index contributed by atoms with van der Waals surface area (Å²) >= 11 is 0. The van der Waals surface area contributed by atoms with Crippen LogP contribution >= 0.6 is 0 Å². The molecular formula is C18H21N3O5. The number of aliphatic hydroxyl groups is 1. The number of aryl methyl sites for hydroxylation is 1. The van der Waals surface area contributed by atoms with Crippen molar-refractivity contribution in [3.05, 3.63) is 36.2 Å². The van der Waals surface area contributed by atoms with Crippen molar-refractivity contribution in [2.24, 2.45) is 7.05 Å². The van der Waals surface area contributed by atoms with Crippen LogP contribution in [-0.4, -0.2) is 64.2 Å². The molecule has 1 amide bonds. The Balaban J connectivity index is 1.38. The van der Waals surface area contributed by atoms with Crippen molar-refractivity contribution in [3.8, 4) is 17.2 Å². The Kier molecular flexibility index (Phi) is 4.42. The van der Waals surface area contributed by atoms with Crippen LogP contribution < -0.4 is 14.2 Å². The van der Waals surface area contributed by atoms with Crippen LogP contribution in [-0.2, 0) is 18.3 Å². The molecule has 1 aromatic carbocycles. The van der Waals surface area contributed by atoms with Gasteiger partial charge in [-0.1, -0.05) is 6.07 Å². The second-order valence-electron chi connectivity index (χ2n) is 6.53. The number of β-amino-alcohol motifs (C(OH)–C–C–N with tert-alkyl or cyclic N) is 1. The smallest absolute Gasteiger partial charge is 0.227 e. The number of nitrogens with zero attached hydrogens (tertiary/aromatic N) is 3. The van der Waals surface area contributed by atoms with E-state index in [1.807, 2.05) is 18.2 Å². The fraction of sp³-hybridized carbons (Fsp3) is 0.444. The van der Waals surface area contributed by atoms with Crippen LogP contribution in [0.15, 0.2) is 30.6 Å². The van der Waals surface area contributed by atoms with Gasteiger partial charge < -0.3 is 24.2 Å². The number of hydrogen-bond acceptors (Lipinski definition) is 6. The molecule has 0 saturated carbocycles. The highest BCUT2D eigenvalue weighted by Crippen LogP contribution is 2.31. The molecule has 1 N–H and O–H groups in total. The lowest BCUT2D eigenvalue weighted by Crippen LogP contribution is -2.32. The Morgan fingerprint density at radius 1 is 1.31 bits per heavy atom. The normalized spacial score (nSPS) is 21.7. The lowest BCUT2D eigenvalue weighted by atomic mass is 10.1. The number of fused-ring (bicyclic) bond motifs is 1. The van der Waals surface area contributed by atoms with Gasteiger partial charge in [0.15, 0.2) is 17.2 Å². The third kappa shape index (κ3) is 3.45. The van der Waals surface area contributed by atoms with Gasteiger partial charge >= 0.3 is 0 Å².